The highest BCUT2D eigenvalue weighted by Crippen LogP contribution is 2.20. The summed E-state index contributed by atoms with van der Waals surface area (Å²) in [6.45, 7) is 2.40. The van der Waals surface area contributed by atoms with E-state index in [-0.39, 0.29) is 28.9 Å². The molecule has 148 valence electrons. The van der Waals surface area contributed by atoms with Gasteiger partial charge in [-0.05, 0) is 24.3 Å². The lowest BCUT2D eigenvalue weighted by atomic mass is 10.2. The third-order valence-electron chi connectivity index (χ3n) is 4.61. The number of carbonyl (C=O) groups excluding carboxylic acids is 2. The van der Waals surface area contributed by atoms with Crippen molar-refractivity contribution in [3.63, 3.8) is 0 Å². The second kappa shape index (κ2) is 8.53. The lowest BCUT2D eigenvalue weighted by Gasteiger charge is -2.34. The Morgan fingerprint density at radius 2 is 1.54 bits per heavy atom. The zero-order chi connectivity index (χ0) is 20.1. The molecule has 2 amide bonds. The molecular formula is C20H23N3O4S. The molecule has 0 bridgehead atoms. The molecule has 1 aliphatic rings. The minimum Gasteiger partial charge on any atom is -0.336 e. The fourth-order valence-corrected chi connectivity index (χ4v) is 4.00. The molecule has 1 fully saturated rings. The Labute approximate surface area is 164 Å². The van der Waals surface area contributed by atoms with Crippen LogP contribution >= 0.6 is 0 Å². The molecular weight excluding hydrogens is 378 g/mol. The maximum absolute atomic E-state index is 12.5. The highest BCUT2D eigenvalue weighted by atomic mass is 32.2. The normalized spacial score (nSPS) is 15.2. The molecule has 8 heteroatoms. The summed E-state index contributed by atoms with van der Waals surface area (Å²) >= 11 is 0. The van der Waals surface area contributed by atoms with Crippen LogP contribution < -0.4 is 5.32 Å². The van der Waals surface area contributed by atoms with E-state index >= 15 is 0 Å². The summed E-state index contributed by atoms with van der Waals surface area (Å²) in [5.74, 6) is -0.286. The van der Waals surface area contributed by atoms with E-state index in [1.54, 1.807) is 35.2 Å². The lowest BCUT2D eigenvalue weighted by Crippen LogP contribution is -2.50. The summed E-state index contributed by atoms with van der Waals surface area (Å²) in [4.78, 5) is 28.7. The largest absolute Gasteiger partial charge is 0.336 e. The van der Waals surface area contributed by atoms with Crippen LogP contribution in [0.1, 0.15) is 10.4 Å². The molecule has 1 saturated heterocycles. The van der Waals surface area contributed by atoms with Gasteiger partial charge in [-0.1, -0.05) is 30.3 Å². The van der Waals surface area contributed by atoms with Gasteiger partial charge >= 0.3 is 0 Å². The number of amides is 2. The van der Waals surface area contributed by atoms with Gasteiger partial charge in [0.1, 0.15) is 0 Å². The van der Waals surface area contributed by atoms with Crippen molar-refractivity contribution in [1.82, 2.24) is 9.80 Å². The maximum atomic E-state index is 12.5. The zero-order valence-corrected chi connectivity index (χ0v) is 16.5. The van der Waals surface area contributed by atoms with Crippen LogP contribution in [-0.2, 0) is 14.6 Å². The fourth-order valence-electron chi connectivity index (χ4n) is 3.16. The number of rotatable bonds is 5. The second-order valence-electron chi connectivity index (χ2n) is 6.75. The summed E-state index contributed by atoms with van der Waals surface area (Å²) in [5.41, 5.74) is 0.943. The van der Waals surface area contributed by atoms with E-state index in [9.17, 15) is 18.0 Å². The summed E-state index contributed by atoms with van der Waals surface area (Å²) in [5, 5.41) is 2.68. The number of hydrogen-bond acceptors (Lipinski definition) is 5. The first-order chi connectivity index (χ1) is 13.3. The molecule has 0 aliphatic carbocycles. The van der Waals surface area contributed by atoms with Crippen molar-refractivity contribution < 1.29 is 18.0 Å². The number of nitrogens with zero attached hydrogens (tertiary/aromatic N) is 2. The van der Waals surface area contributed by atoms with Gasteiger partial charge in [0.25, 0.3) is 5.91 Å². The molecule has 3 rings (SSSR count). The van der Waals surface area contributed by atoms with Crippen molar-refractivity contribution in [1.29, 1.82) is 0 Å². The number of piperazine rings is 1. The molecule has 0 unspecified atom stereocenters. The predicted octanol–water partition coefficient (Wildman–Crippen LogP) is 1.49. The molecule has 0 saturated carbocycles. The number of benzene rings is 2. The van der Waals surface area contributed by atoms with Gasteiger partial charge in [0.2, 0.25) is 5.91 Å². The molecule has 2 aromatic rings. The van der Waals surface area contributed by atoms with Crippen LogP contribution in [0.3, 0.4) is 0 Å². The van der Waals surface area contributed by atoms with Gasteiger partial charge in [0, 0.05) is 38.0 Å². The van der Waals surface area contributed by atoms with E-state index in [2.05, 4.69) is 5.32 Å². The minimum atomic E-state index is -3.43. The fraction of sp³-hybridized carbons (Fsp3) is 0.300. The van der Waals surface area contributed by atoms with Gasteiger partial charge in [0.05, 0.1) is 17.1 Å². The van der Waals surface area contributed by atoms with Crippen LogP contribution in [0.5, 0.6) is 0 Å². The van der Waals surface area contributed by atoms with Crippen molar-refractivity contribution in [3.8, 4) is 0 Å². The molecule has 1 heterocycles. The summed E-state index contributed by atoms with van der Waals surface area (Å²) in [7, 11) is -3.43. The van der Waals surface area contributed by atoms with Crippen LogP contribution in [-0.4, -0.2) is 69.0 Å². The number of nitrogens with one attached hydrogen (secondary N) is 1. The van der Waals surface area contributed by atoms with Gasteiger partial charge in [0.15, 0.2) is 9.84 Å². The zero-order valence-electron chi connectivity index (χ0n) is 15.7. The van der Waals surface area contributed by atoms with E-state index in [0.717, 1.165) is 6.26 Å². The SMILES string of the molecule is CS(=O)(=O)c1ccccc1NC(=O)CN1CCN(C(=O)c2ccccc2)CC1. The van der Waals surface area contributed by atoms with E-state index < -0.39 is 9.84 Å². The average Bonchev–Trinajstić information content (AvgIpc) is 2.68. The predicted molar refractivity (Wildman–Crippen MR) is 107 cm³/mol. The monoisotopic (exact) mass is 401 g/mol. The summed E-state index contributed by atoms with van der Waals surface area (Å²) < 4.78 is 23.7. The van der Waals surface area contributed by atoms with Crippen LogP contribution in [0.2, 0.25) is 0 Å². The highest BCUT2D eigenvalue weighted by Gasteiger charge is 2.23. The Morgan fingerprint density at radius 1 is 0.929 bits per heavy atom. The Kier molecular flexibility index (Phi) is 6.11. The van der Waals surface area contributed by atoms with Crippen molar-refractivity contribution in [2.45, 2.75) is 4.90 Å². The number of sulfone groups is 1. The van der Waals surface area contributed by atoms with Gasteiger partial charge in [-0.2, -0.15) is 0 Å². The number of para-hydroxylation sites is 1. The first-order valence-corrected chi connectivity index (χ1v) is 10.9. The molecule has 7 nitrogen and oxygen atoms in total. The number of carbonyl (C=O) groups is 2. The van der Waals surface area contributed by atoms with Gasteiger partial charge in [-0.25, -0.2) is 8.42 Å². The van der Waals surface area contributed by atoms with Crippen LogP contribution in [0.25, 0.3) is 0 Å². The smallest absolute Gasteiger partial charge is 0.253 e. The second-order valence-corrected chi connectivity index (χ2v) is 8.74. The van der Waals surface area contributed by atoms with Crippen molar-refractivity contribution in [2.75, 3.05) is 44.3 Å². The highest BCUT2D eigenvalue weighted by molar-refractivity contribution is 7.90. The van der Waals surface area contributed by atoms with Crippen molar-refractivity contribution >= 4 is 27.3 Å². The minimum absolute atomic E-state index is 0.00761. The Bertz CT molecular complexity index is 952. The third-order valence-corrected chi connectivity index (χ3v) is 5.76. The summed E-state index contributed by atoms with van der Waals surface area (Å²) in [6, 6.07) is 15.5. The third kappa shape index (κ3) is 4.96. The molecule has 2 aromatic carbocycles. The van der Waals surface area contributed by atoms with Crippen molar-refractivity contribution in [2.24, 2.45) is 0 Å². The lowest BCUT2D eigenvalue weighted by molar-refractivity contribution is -0.117. The number of hydrogen-bond donors (Lipinski definition) is 1. The van der Waals surface area contributed by atoms with Crippen LogP contribution in [0, 0.1) is 0 Å². The molecule has 28 heavy (non-hydrogen) atoms. The molecule has 1 aliphatic heterocycles. The van der Waals surface area contributed by atoms with Gasteiger partial charge < -0.3 is 10.2 Å². The van der Waals surface area contributed by atoms with E-state index in [0.29, 0.717) is 31.7 Å². The average molecular weight is 401 g/mol. The van der Waals surface area contributed by atoms with Crippen LogP contribution in [0.15, 0.2) is 59.5 Å². The molecule has 0 spiro atoms. The molecule has 0 atom stereocenters. The maximum Gasteiger partial charge on any atom is 0.253 e. The van der Waals surface area contributed by atoms with Crippen LogP contribution in [0.4, 0.5) is 5.69 Å². The molecule has 0 aromatic heterocycles. The Morgan fingerprint density at radius 3 is 2.18 bits per heavy atom. The molecule has 0 radical (unpaired) electrons. The molecule has 1 N–H and O–H groups in total. The van der Waals surface area contributed by atoms with Crippen molar-refractivity contribution in [3.05, 3.63) is 60.2 Å². The van der Waals surface area contributed by atoms with E-state index in [1.165, 1.54) is 6.07 Å². The quantitative estimate of drug-likeness (QED) is 0.820. The summed E-state index contributed by atoms with van der Waals surface area (Å²) in [6.07, 6.45) is 1.11. The Hall–Kier alpha value is -2.71. The number of anilines is 1. The van der Waals surface area contributed by atoms with Gasteiger partial charge in [-0.3, -0.25) is 14.5 Å². The van der Waals surface area contributed by atoms with Gasteiger partial charge in [-0.15, -0.1) is 0 Å². The standard InChI is InChI=1S/C20H23N3O4S/c1-28(26,27)18-10-6-5-9-17(18)21-19(24)15-22-11-13-23(14-12-22)20(25)16-7-3-2-4-8-16/h2-10H,11-15H2,1H3,(H,21,24). The van der Waals surface area contributed by atoms with E-state index in [4.69, 9.17) is 0 Å². The first-order valence-electron chi connectivity index (χ1n) is 9.00. The Balaban J connectivity index is 1.54. The topological polar surface area (TPSA) is 86.8 Å². The first kappa shape index (κ1) is 20.0. The van der Waals surface area contributed by atoms with E-state index in [1.807, 2.05) is 23.1 Å².